The summed E-state index contributed by atoms with van der Waals surface area (Å²) >= 11 is 6.38. The Morgan fingerprint density at radius 1 is 0.826 bits per heavy atom. The highest BCUT2D eigenvalue weighted by Gasteiger charge is 2.36. The van der Waals surface area contributed by atoms with Gasteiger partial charge in [-0.05, 0) is 88.1 Å². The van der Waals surface area contributed by atoms with Crippen molar-refractivity contribution in [3.8, 4) is 0 Å². The van der Waals surface area contributed by atoms with Crippen LogP contribution >= 0.6 is 11.6 Å². The molecule has 0 radical (unpaired) electrons. The molecule has 4 aromatic carbocycles. The van der Waals surface area contributed by atoms with Crippen molar-refractivity contribution in [3.63, 3.8) is 0 Å². The van der Waals surface area contributed by atoms with Crippen LogP contribution in [0.3, 0.4) is 0 Å². The van der Waals surface area contributed by atoms with Gasteiger partial charge in [-0.1, -0.05) is 90.0 Å². The van der Waals surface area contributed by atoms with Gasteiger partial charge >= 0.3 is 0 Å². The third-order valence-electron chi connectivity index (χ3n) is 7.70. The molecule has 4 aromatic rings. The number of rotatable bonds is 11. The van der Waals surface area contributed by atoms with Crippen LogP contribution in [-0.4, -0.2) is 43.3 Å². The Balaban J connectivity index is 1.86. The standard InChI is InChI=1S/C37H42ClN3O4S/c1-26-16-20-32(21-17-26)46(44,45)41(33-23-31(38)19-18-28(33)3)25-35(42)40(24-30-15-11-10-12-27(30)2)34(36(43)39-37(4,5)6)22-29-13-8-7-9-14-29/h7-21,23,34H,22,24-25H2,1-6H3,(H,39,43)/t34-/m0/s1. The first-order chi connectivity index (χ1) is 21.7. The fourth-order valence-electron chi connectivity index (χ4n) is 5.18. The fraction of sp³-hybridized carbons (Fsp3) is 0.297. The molecule has 1 atom stereocenters. The topological polar surface area (TPSA) is 86.8 Å². The number of carbonyl (C=O) groups excluding carboxylic acids is 2. The van der Waals surface area contributed by atoms with Crippen LogP contribution in [0.4, 0.5) is 5.69 Å². The smallest absolute Gasteiger partial charge is 0.264 e. The van der Waals surface area contributed by atoms with E-state index < -0.39 is 34.1 Å². The van der Waals surface area contributed by atoms with Gasteiger partial charge in [0, 0.05) is 23.5 Å². The Hall–Kier alpha value is -4.14. The predicted octanol–water partition coefficient (Wildman–Crippen LogP) is 7.02. The number of anilines is 1. The molecule has 4 rings (SSSR count). The molecule has 0 fully saturated rings. The first kappa shape index (κ1) is 34.7. The van der Waals surface area contributed by atoms with Crippen molar-refractivity contribution in [3.05, 3.63) is 130 Å². The van der Waals surface area contributed by atoms with E-state index >= 15 is 0 Å². The summed E-state index contributed by atoms with van der Waals surface area (Å²) in [6, 6.07) is 27.7. The molecular formula is C37H42ClN3O4S. The van der Waals surface area contributed by atoms with Crippen LogP contribution in [0.25, 0.3) is 0 Å². The minimum absolute atomic E-state index is 0.0436. The number of amides is 2. The van der Waals surface area contributed by atoms with E-state index in [1.165, 1.54) is 17.0 Å². The van der Waals surface area contributed by atoms with E-state index in [1.54, 1.807) is 37.3 Å². The lowest BCUT2D eigenvalue weighted by Gasteiger charge is -2.36. The van der Waals surface area contributed by atoms with Crippen molar-refractivity contribution in [2.45, 2.75) is 71.0 Å². The maximum absolute atomic E-state index is 14.7. The molecule has 1 N–H and O–H groups in total. The van der Waals surface area contributed by atoms with Crippen molar-refractivity contribution in [2.24, 2.45) is 0 Å². The van der Waals surface area contributed by atoms with Gasteiger partial charge in [0.25, 0.3) is 10.0 Å². The number of nitrogens with one attached hydrogen (secondary N) is 1. The van der Waals surface area contributed by atoms with Crippen LogP contribution in [0.5, 0.6) is 0 Å². The fourth-order valence-corrected chi connectivity index (χ4v) is 6.82. The maximum Gasteiger partial charge on any atom is 0.264 e. The average Bonchev–Trinajstić information content (AvgIpc) is 2.99. The van der Waals surface area contributed by atoms with Crippen LogP contribution in [0.1, 0.15) is 48.6 Å². The number of aryl methyl sites for hydroxylation is 3. The van der Waals surface area contributed by atoms with Crippen LogP contribution in [-0.2, 0) is 32.6 Å². The summed E-state index contributed by atoms with van der Waals surface area (Å²) in [5.74, 6) is -0.853. The zero-order valence-corrected chi connectivity index (χ0v) is 28.8. The van der Waals surface area contributed by atoms with Crippen molar-refractivity contribution in [2.75, 3.05) is 10.8 Å². The van der Waals surface area contributed by atoms with Gasteiger partial charge in [-0.3, -0.25) is 13.9 Å². The molecule has 0 aromatic heterocycles. The SMILES string of the molecule is Cc1ccc(S(=O)(=O)N(CC(=O)N(Cc2ccccc2C)[C@@H](Cc2ccccc2)C(=O)NC(C)(C)C)c2cc(Cl)ccc2C)cc1. The highest BCUT2D eigenvalue weighted by molar-refractivity contribution is 7.92. The van der Waals surface area contributed by atoms with Crippen LogP contribution in [0, 0.1) is 20.8 Å². The number of nitrogens with zero attached hydrogens (tertiary/aromatic N) is 2. The molecule has 0 aliphatic heterocycles. The second-order valence-corrected chi connectivity index (χ2v) is 14.9. The lowest BCUT2D eigenvalue weighted by Crippen LogP contribution is -2.56. The lowest BCUT2D eigenvalue weighted by atomic mass is 10.00. The molecule has 0 aliphatic rings. The Morgan fingerprint density at radius 3 is 2.09 bits per heavy atom. The number of benzene rings is 4. The molecule has 0 spiro atoms. The van der Waals surface area contributed by atoms with Crippen molar-refractivity contribution < 1.29 is 18.0 Å². The Morgan fingerprint density at radius 2 is 1.46 bits per heavy atom. The molecule has 0 saturated heterocycles. The summed E-state index contributed by atoms with van der Waals surface area (Å²) in [7, 11) is -4.23. The number of halogens is 1. The summed E-state index contributed by atoms with van der Waals surface area (Å²) in [5, 5.41) is 3.39. The normalized spacial score (nSPS) is 12.3. The molecule has 0 bridgehead atoms. The molecule has 46 heavy (non-hydrogen) atoms. The van der Waals surface area contributed by atoms with Gasteiger partial charge in [0.05, 0.1) is 10.6 Å². The molecular weight excluding hydrogens is 618 g/mol. The molecule has 2 amide bonds. The molecule has 9 heteroatoms. The van der Waals surface area contributed by atoms with Crippen LogP contribution in [0.2, 0.25) is 5.02 Å². The van der Waals surface area contributed by atoms with E-state index in [0.717, 1.165) is 26.6 Å². The zero-order chi connectivity index (χ0) is 33.6. The molecule has 7 nitrogen and oxygen atoms in total. The van der Waals surface area contributed by atoms with Gasteiger partial charge in [-0.15, -0.1) is 0 Å². The second kappa shape index (κ2) is 14.5. The highest BCUT2D eigenvalue weighted by atomic mass is 35.5. The molecule has 0 aliphatic carbocycles. The summed E-state index contributed by atoms with van der Waals surface area (Å²) in [6.45, 7) is 10.8. The van der Waals surface area contributed by atoms with Gasteiger partial charge in [0.15, 0.2) is 0 Å². The zero-order valence-electron chi connectivity index (χ0n) is 27.2. The van der Waals surface area contributed by atoms with Crippen molar-refractivity contribution in [1.82, 2.24) is 10.2 Å². The quantitative estimate of drug-likeness (QED) is 0.188. The monoisotopic (exact) mass is 659 g/mol. The van der Waals surface area contributed by atoms with E-state index in [4.69, 9.17) is 11.6 Å². The van der Waals surface area contributed by atoms with Crippen LogP contribution < -0.4 is 9.62 Å². The minimum atomic E-state index is -4.23. The van der Waals surface area contributed by atoms with E-state index in [9.17, 15) is 18.0 Å². The van der Waals surface area contributed by atoms with Gasteiger partial charge in [0.1, 0.15) is 12.6 Å². The number of carbonyl (C=O) groups is 2. The van der Waals surface area contributed by atoms with Crippen LogP contribution in [0.15, 0.2) is 102 Å². The highest BCUT2D eigenvalue weighted by Crippen LogP contribution is 2.30. The lowest BCUT2D eigenvalue weighted by molar-refractivity contribution is -0.140. The Labute approximate surface area is 278 Å². The first-order valence-corrected chi connectivity index (χ1v) is 17.0. The van der Waals surface area contributed by atoms with E-state index in [-0.39, 0.29) is 29.5 Å². The molecule has 0 heterocycles. The maximum atomic E-state index is 14.7. The minimum Gasteiger partial charge on any atom is -0.350 e. The largest absolute Gasteiger partial charge is 0.350 e. The Kier molecular flexibility index (Phi) is 11.0. The van der Waals surface area contributed by atoms with E-state index in [1.807, 2.05) is 89.2 Å². The van der Waals surface area contributed by atoms with Gasteiger partial charge < -0.3 is 10.2 Å². The third-order valence-corrected chi connectivity index (χ3v) is 9.71. The number of hydrogen-bond donors (Lipinski definition) is 1. The predicted molar refractivity (Wildman–Crippen MR) is 185 cm³/mol. The third kappa shape index (κ3) is 8.77. The number of sulfonamides is 1. The number of hydrogen-bond acceptors (Lipinski definition) is 4. The molecule has 0 unspecified atom stereocenters. The summed E-state index contributed by atoms with van der Waals surface area (Å²) < 4.78 is 29.7. The Bertz CT molecular complexity index is 1790. The molecule has 242 valence electrons. The first-order valence-electron chi connectivity index (χ1n) is 15.2. The van der Waals surface area contributed by atoms with E-state index in [0.29, 0.717) is 10.6 Å². The van der Waals surface area contributed by atoms with Gasteiger partial charge in [-0.2, -0.15) is 0 Å². The molecule has 0 saturated carbocycles. The van der Waals surface area contributed by atoms with Gasteiger partial charge in [0.2, 0.25) is 11.8 Å². The van der Waals surface area contributed by atoms with Crippen molar-refractivity contribution >= 4 is 39.1 Å². The average molecular weight is 660 g/mol. The summed E-state index contributed by atoms with van der Waals surface area (Å²) in [6.07, 6.45) is 0.237. The van der Waals surface area contributed by atoms with Crippen molar-refractivity contribution in [1.29, 1.82) is 0 Å². The van der Waals surface area contributed by atoms with Gasteiger partial charge in [-0.25, -0.2) is 8.42 Å². The summed E-state index contributed by atoms with van der Waals surface area (Å²) in [5.41, 5.74) is 3.92. The second-order valence-electron chi connectivity index (χ2n) is 12.6. The summed E-state index contributed by atoms with van der Waals surface area (Å²) in [4.78, 5) is 30.3. The van der Waals surface area contributed by atoms with E-state index in [2.05, 4.69) is 5.32 Å².